The van der Waals surface area contributed by atoms with Crippen LogP contribution in [-0.4, -0.2) is 58.1 Å². The third-order valence-corrected chi connectivity index (χ3v) is 5.43. The van der Waals surface area contributed by atoms with Crippen molar-refractivity contribution in [2.75, 3.05) is 29.6 Å². The Balaban J connectivity index is 1.71. The number of aliphatic hydroxyl groups is 1. The Kier molecular flexibility index (Phi) is 3.14. The van der Waals surface area contributed by atoms with Crippen LogP contribution in [0.5, 0.6) is 0 Å². The highest BCUT2D eigenvalue weighted by Crippen LogP contribution is 2.43. The van der Waals surface area contributed by atoms with E-state index < -0.39 is 6.23 Å². The molecule has 0 aromatic carbocycles. The summed E-state index contributed by atoms with van der Waals surface area (Å²) in [5, 5.41) is 11.9. The van der Waals surface area contributed by atoms with Crippen molar-refractivity contribution in [3.8, 4) is 0 Å². The SMILES string of the molecule is Cc1ncc2cc3c(nc2n1)N1CCCC1C(O)N3C1CCOC1. The van der Waals surface area contributed by atoms with Gasteiger partial charge >= 0.3 is 0 Å². The average Bonchev–Trinajstić information content (AvgIpc) is 3.25. The molecule has 0 spiro atoms. The maximum Gasteiger partial charge on any atom is 0.165 e. The van der Waals surface area contributed by atoms with E-state index in [1.54, 1.807) is 0 Å². The fourth-order valence-electron chi connectivity index (χ4n) is 4.28. The first-order valence-electron chi connectivity index (χ1n) is 8.67. The van der Waals surface area contributed by atoms with Gasteiger partial charge in [0, 0.05) is 24.7 Å². The van der Waals surface area contributed by atoms with Crippen LogP contribution in [-0.2, 0) is 4.74 Å². The van der Waals surface area contributed by atoms with Crippen LogP contribution in [0, 0.1) is 6.92 Å². The maximum atomic E-state index is 11.0. The number of fused-ring (bicyclic) bond motifs is 4. The van der Waals surface area contributed by atoms with Gasteiger partial charge in [0.1, 0.15) is 12.1 Å². The second-order valence-corrected chi connectivity index (χ2v) is 6.90. The summed E-state index contributed by atoms with van der Waals surface area (Å²) in [5.74, 6) is 1.67. The molecule has 3 aliphatic rings. The van der Waals surface area contributed by atoms with Crippen LogP contribution in [0.25, 0.3) is 11.0 Å². The van der Waals surface area contributed by atoms with Gasteiger partial charge in [0.25, 0.3) is 0 Å². The van der Waals surface area contributed by atoms with Crippen LogP contribution >= 0.6 is 0 Å². The fraction of sp³-hybridized carbons (Fsp3) is 0.588. The van der Waals surface area contributed by atoms with Gasteiger partial charge in [-0.15, -0.1) is 0 Å². The highest BCUT2D eigenvalue weighted by atomic mass is 16.5. The van der Waals surface area contributed by atoms with Crippen LogP contribution in [0.2, 0.25) is 0 Å². The molecular weight excluding hydrogens is 306 g/mol. The number of aliphatic hydroxyl groups excluding tert-OH is 1. The zero-order chi connectivity index (χ0) is 16.3. The lowest BCUT2D eigenvalue weighted by atomic mass is 10.0. The Morgan fingerprint density at radius 1 is 1.29 bits per heavy atom. The minimum atomic E-state index is -0.516. The molecule has 2 saturated heterocycles. The van der Waals surface area contributed by atoms with Crippen LogP contribution in [0.15, 0.2) is 12.3 Å². The Bertz CT molecular complexity index is 792. The molecule has 0 saturated carbocycles. The summed E-state index contributed by atoms with van der Waals surface area (Å²) in [7, 11) is 0. The zero-order valence-electron chi connectivity index (χ0n) is 13.7. The normalized spacial score (nSPS) is 29.2. The number of rotatable bonds is 1. The quantitative estimate of drug-likeness (QED) is 0.844. The van der Waals surface area contributed by atoms with E-state index in [4.69, 9.17) is 9.72 Å². The number of ether oxygens (including phenoxy) is 1. The summed E-state index contributed by atoms with van der Waals surface area (Å²) in [6, 6.07) is 2.38. The van der Waals surface area contributed by atoms with E-state index in [0.717, 1.165) is 60.8 Å². The van der Waals surface area contributed by atoms with Crippen molar-refractivity contribution in [3.63, 3.8) is 0 Å². The van der Waals surface area contributed by atoms with Crippen molar-refractivity contribution in [1.82, 2.24) is 15.0 Å². The third-order valence-electron chi connectivity index (χ3n) is 5.43. The second-order valence-electron chi connectivity index (χ2n) is 6.90. The van der Waals surface area contributed by atoms with E-state index in [1.807, 2.05) is 13.1 Å². The van der Waals surface area contributed by atoms with Gasteiger partial charge < -0.3 is 19.6 Å². The van der Waals surface area contributed by atoms with E-state index in [0.29, 0.717) is 6.61 Å². The Morgan fingerprint density at radius 2 is 2.21 bits per heavy atom. The summed E-state index contributed by atoms with van der Waals surface area (Å²) in [6.07, 6.45) is 4.31. The Hall–Kier alpha value is -1.99. The molecule has 2 fully saturated rings. The van der Waals surface area contributed by atoms with Gasteiger partial charge in [0.15, 0.2) is 11.5 Å². The van der Waals surface area contributed by atoms with E-state index in [9.17, 15) is 5.11 Å². The fourth-order valence-corrected chi connectivity index (χ4v) is 4.28. The maximum absolute atomic E-state index is 11.0. The lowest BCUT2D eigenvalue weighted by Gasteiger charge is -2.46. The van der Waals surface area contributed by atoms with Gasteiger partial charge in [-0.1, -0.05) is 0 Å². The number of anilines is 2. The van der Waals surface area contributed by atoms with E-state index in [2.05, 4.69) is 25.8 Å². The molecule has 3 aliphatic heterocycles. The first kappa shape index (κ1) is 14.4. The molecule has 24 heavy (non-hydrogen) atoms. The van der Waals surface area contributed by atoms with Gasteiger partial charge in [-0.05, 0) is 32.3 Å². The summed E-state index contributed by atoms with van der Waals surface area (Å²) in [5.41, 5.74) is 1.71. The molecule has 0 radical (unpaired) electrons. The monoisotopic (exact) mass is 327 g/mol. The van der Waals surface area contributed by atoms with Crippen molar-refractivity contribution in [2.24, 2.45) is 0 Å². The molecule has 2 aromatic rings. The first-order chi connectivity index (χ1) is 11.7. The third kappa shape index (κ3) is 2.01. The van der Waals surface area contributed by atoms with Gasteiger partial charge in [0.05, 0.1) is 24.4 Å². The molecule has 3 atom stereocenters. The van der Waals surface area contributed by atoms with Crippen LogP contribution in [0.1, 0.15) is 25.1 Å². The van der Waals surface area contributed by atoms with Crippen LogP contribution < -0.4 is 9.80 Å². The van der Waals surface area contributed by atoms with E-state index in [1.165, 1.54) is 0 Å². The summed E-state index contributed by atoms with van der Waals surface area (Å²) in [6.45, 7) is 4.23. The molecule has 5 rings (SSSR count). The van der Waals surface area contributed by atoms with E-state index in [-0.39, 0.29) is 12.1 Å². The zero-order valence-corrected chi connectivity index (χ0v) is 13.7. The number of aryl methyl sites for hydroxylation is 1. The van der Waals surface area contributed by atoms with Gasteiger partial charge in [-0.25, -0.2) is 15.0 Å². The molecule has 0 amide bonds. The minimum Gasteiger partial charge on any atom is -0.379 e. The highest BCUT2D eigenvalue weighted by Gasteiger charge is 2.44. The van der Waals surface area contributed by atoms with Crippen molar-refractivity contribution in [2.45, 2.75) is 44.5 Å². The molecule has 0 aliphatic carbocycles. The van der Waals surface area contributed by atoms with Crippen molar-refractivity contribution < 1.29 is 9.84 Å². The Morgan fingerprint density at radius 3 is 3.04 bits per heavy atom. The second kappa shape index (κ2) is 5.26. The smallest absolute Gasteiger partial charge is 0.165 e. The van der Waals surface area contributed by atoms with Gasteiger partial charge in [-0.2, -0.15) is 0 Å². The number of nitrogens with zero attached hydrogens (tertiary/aromatic N) is 5. The number of aromatic nitrogens is 3. The van der Waals surface area contributed by atoms with Gasteiger partial charge in [-0.3, -0.25) is 0 Å². The summed E-state index contributed by atoms with van der Waals surface area (Å²) >= 11 is 0. The number of hydrogen-bond acceptors (Lipinski definition) is 7. The predicted molar refractivity (Wildman–Crippen MR) is 90.1 cm³/mol. The minimum absolute atomic E-state index is 0.103. The number of hydrogen-bond donors (Lipinski definition) is 1. The molecule has 5 heterocycles. The lowest BCUT2D eigenvalue weighted by Crippen LogP contribution is -2.57. The largest absolute Gasteiger partial charge is 0.379 e. The van der Waals surface area contributed by atoms with Crippen molar-refractivity contribution >= 4 is 22.5 Å². The molecule has 7 nitrogen and oxygen atoms in total. The predicted octanol–water partition coefficient (Wildman–Crippen LogP) is 1.23. The molecule has 1 N–H and O–H groups in total. The topological polar surface area (TPSA) is 74.6 Å². The lowest BCUT2D eigenvalue weighted by molar-refractivity contribution is 0.119. The molecule has 3 unspecified atom stereocenters. The summed E-state index contributed by atoms with van der Waals surface area (Å²) < 4.78 is 5.58. The van der Waals surface area contributed by atoms with Crippen molar-refractivity contribution in [3.05, 3.63) is 18.1 Å². The average molecular weight is 327 g/mol. The first-order valence-corrected chi connectivity index (χ1v) is 8.67. The van der Waals surface area contributed by atoms with E-state index >= 15 is 0 Å². The van der Waals surface area contributed by atoms with Gasteiger partial charge in [0.2, 0.25) is 0 Å². The molecular formula is C17H21N5O2. The van der Waals surface area contributed by atoms with Crippen LogP contribution in [0.4, 0.5) is 11.5 Å². The number of pyridine rings is 1. The molecule has 7 heteroatoms. The highest BCUT2D eigenvalue weighted by molar-refractivity contribution is 5.86. The summed E-state index contributed by atoms with van der Waals surface area (Å²) in [4.78, 5) is 18.0. The molecule has 126 valence electrons. The Labute approximate surface area is 140 Å². The molecule has 0 bridgehead atoms. The molecule has 2 aromatic heterocycles. The standard InChI is InChI=1S/C17H21N5O2/c1-10-18-8-11-7-14-16(20-15(11)19-10)21-5-2-3-13(21)17(23)22(14)12-4-6-24-9-12/h7-8,12-13,17,23H,2-6,9H2,1H3. The van der Waals surface area contributed by atoms with Crippen LogP contribution in [0.3, 0.4) is 0 Å². The van der Waals surface area contributed by atoms with Crippen molar-refractivity contribution in [1.29, 1.82) is 0 Å².